The lowest BCUT2D eigenvalue weighted by atomic mass is 9.87. The zero-order chi connectivity index (χ0) is 17.2. The third-order valence-electron chi connectivity index (χ3n) is 5.38. The third kappa shape index (κ3) is 3.87. The van der Waals surface area contributed by atoms with Crippen molar-refractivity contribution in [3.8, 4) is 0 Å². The van der Waals surface area contributed by atoms with Gasteiger partial charge in [-0.05, 0) is 49.7 Å². The molecule has 6 heteroatoms. The van der Waals surface area contributed by atoms with Crippen LogP contribution in [0.4, 0.5) is 11.8 Å². The Morgan fingerprint density at radius 3 is 2.64 bits per heavy atom. The maximum Gasteiger partial charge on any atom is 0.222 e. The number of nitrogens with zero attached hydrogens (tertiary/aromatic N) is 3. The Hall–Kier alpha value is -1.88. The van der Waals surface area contributed by atoms with Gasteiger partial charge in [-0.1, -0.05) is 18.5 Å². The lowest BCUT2D eigenvalue weighted by Gasteiger charge is -2.26. The van der Waals surface area contributed by atoms with Crippen molar-refractivity contribution in [2.24, 2.45) is 5.92 Å². The minimum Gasteiger partial charge on any atom is -0.369 e. The lowest BCUT2D eigenvalue weighted by molar-refractivity contribution is 0.360. The van der Waals surface area contributed by atoms with Crippen LogP contribution >= 0.6 is 11.6 Å². The number of halogens is 1. The van der Waals surface area contributed by atoms with E-state index in [4.69, 9.17) is 11.6 Å². The third-order valence-corrected chi connectivity index (χ3v) is 5.58. The van der Waals surface area contributed by atoms with Crippen LogP contribution in [0.25, 0.3) is 0 Å². The predicted octanol–water partition coefficient (Wildman–Crippen LogP) is 4.27. The molecule has 3 heterocycles. The molecule has 0 saturated heterocycles. The Morgan fingerprint density at radius 2 is 1.88 bits per heavy atom. The number of anilines is 2. The Balaban J connectivity index is 1.38. The number of hydrogen-bond donors (Lipinski definition) is 2. The average Bonchev–Trinajstić information content (AvgIpc) is 3.01. The first-order chi connectivity index (χ1) is 12.2. The molecule has 2 aliphatic rings. The van der Waals surface area contributed by atoms with Gasteiger partial charge in [-0.3, -0.25) is 0 Å². The van der Waals surface area contributed by atoms with E-state index in [1.165, 1.54) is 31.2 Å². The average molecular weight is 358 g/mol. The van der Waals surface area contributed by atoms with Crippen LogP contribution in [0.5, 0.6) is 0 Å². The van der Waals surface area contributed by atoms with Crippen LogP contribution in [-0.4, -0.2) is 27.5 Å². The summed E-state index contributed by atoms with van der Waals surface area (Å²) in [5, 5.41) is 7.51. The van der Waals surface area contributed by atoms with Crippen molar-refractivity contribution in [2.45, 2.75) is 51.0 Å². The molecule has 1 unspecified atom stereocenters. The molecule has 0 amide bonds. The normalized spacial score (nSPS) is 25.3. The molecule has 0 radical (unpaired) electrons. The van der Waals surface area contributed by atoms with Crippen molar-refractivity contribution in [3.63, 3.8) is 0 Å². The van der Waals surface area contributed by atoms with Gasteiger partial charge in [0.05, 0.1) is 5.02 Å². The van der Waals surface area contributed by atoms with E-state index in [0.29, 0.717) is 17.0 Å². The highest BCUT2D eigenvalue weighted by Gasteiger charge is 2.24. The van der Waals surface area contributed by atoms with Gasteiger partial charge in [0.25, 0.3) is 0 Å². The van der Waals surface area contributed by atoms with E-state index in [2.05, 4.69) is 32.5 Å². The summed E-state index contributed by atoms with van der Waals surface area (Å²) in [5.74, 6) is 2.91. The molecule has 2 N–H and O–H groups in total. The first-order valence-corrected chi connectivity index (χ1v) is 9.52. The van der Waals surface area contributed by atoms with E-state index >= 15 is 0 Å². The van der Waals surface area contributed by atoms with Crippen molar-refractivity contribution in [2.75, 3.05) is 17.2 Å². The zero-order valence-electron chi connectivity index (χ0n) is 14.5. The molecular formula is C19H24ClN5. The molecule has 132 valence electrons. The van der Waals surface area contributed by atoms with Gasteiger partial charge in [0, 0.05) is 42.7 Å². The van der Waals surface area contributed by atoms with Crippen LogP contribution in [-0.2, 0) is 6.42 Å². The first kappa shape index (κ1) is 16.6. The van der Waals surface area contributed by atoms with Crippen LogP contribution < -0.4 is 10.6 Å². The number of nitrogens with one attached hydrogen (secondary N) is 2. The fraction of sp³-hybridized carbons (Fsp3) is 0.526. The second-order valence-corrected chi connectivity index (χ2v) is 7.83. The van der Waals surface area contributed by atoms with E-state index in [0.717, 1.165) is 36.2 Å². The molecule has 1 aliphatic carbocycles. The number of hydrogen-bond acceptors (Lipinski definition) is 5. The Kier molecular flexibility index (Phi) is 4.75. The molecule has 1 atom stereocenters. The molecular weight excluding hydrogens is 334 g/mol. The van der Waals surface area contributed by atoms with Crippen LogP contribution in [0.2, 0.25) is 5.02 Å². The van der Waals surface area contributed by atoms with Crippen LogP contribution in [0.3, 0.4) is 0 Å². The summed E-state index contributed by atoms with van der Waals surface area (Å²) in [5.41, 5.74) is 2.33. The van der Waals surface area contributed by atoms with Crippen molar-refractivity contribution in [3.05, 3.63) is 40.8 Å². The Morgan fingerprint density at radius 1 is 1.12 bits per heavy atom. The summed E-state index contributed by atoms with van der Waals surface area (Å²) < 4.78 is 0. The second-order valence-electron chi connectivity index (χ2n) is 7.39. The lowest BCUT2D eigenvalue weighted by Crippen LogP contribution is -2.26. The molecule has 2 aromatic rings. The molecule has 1 saturated carbocycles. The van der Waals surface area contributed by atoms with Gasteiger partial charge in [-0.15, -0.1) is 0 Å². The second kappa shape index (κ2) is 7.16. The van der Waals surface area contributed by atoms with Gasteiger partial charge < -0.3 is 10.6 Å². The summed E-state index contributed by atoms with van der Waals surface area (Å²) in [6, 6.07) is 2.52. The smallest absolute Gasteiger partial charge is 0.222 e. The zero-order valence-corrected chi connectivity index (χ0v) is 15.3. The maximum atomic E-state index is 6.09. The predicted molar refractivity (Wildman–Crippen MR) is 101 cm³/mol. The monoisotopic (exact) mass is 357 g/mol. The Labute approximate surface area is 153 Å². The number of aromatic nitrogens is 3. The largest absolute Gasteiger partial charge is 0.369 e. The molecule has 0 spiro atoms. The van der Waals surface area contributed by atoms with Gasteiger partial charge in [-0.2, -0.15) is 0 Å². The molecule has 4 rings (SSSR count). The van der Waals surface area contributed by atoms with Crippen LogP contribution in [0, 0.1) is 5.92 Å². The van der Waals surface area contributed by atoms with Gasteiger partial charge >= 0.3 is 0 Å². The first-order valence-electron chi connectivity index (χ1n) is 9.14. The molecule has 1 fully saturated rings. The Bertz CT molecular complexity index is 725. The number of pyridine rings is 1. The van der Waals surface area contributed by atoms with Crippen molar-refractivity contribution in [1.29, 1.82) is 0 Å². The highest BCUT2D eigenvalue weighted by molar-refractivity contribution is 6.30. The molecule has 5 nitrogen and oxygen atoms in total. The van der Waals surface area contributed by atoms with Crippen molar-refractivity contribution >= 4 is 23.4 Å². The van der Waals surface area contributed by atoms with E-state index in [-0.39, 0.29) is 0 Å². The maximum absolute atomic E-state index is 6.09. The minimum atomic E-state index is 0.364. The molecule has 0 aromatic carbocycles. The minimum absolute atomic E-state index is 0.364. The molecule has 25 heavy (non-hydrogen) atoms. The van der Waals surface area contributed by atoms with E-state index in [1.807, 2.05) is 18.5 Å². The summed E-state index contributed by atoms with van der Waals surface area (Å²) in [7, 11) is 0. The van der Waals surface area contributed by atoms with Gasteiger partial charge in [0.1, 0.15) is 5.82 Å². The SMILES string of the molecule is CC1CCC(Nc2ncc(CC3CNc4ncc(Cl)cc43)cn2)CC1. The summed E-state index contributed by atoms with van der Waals surface area (Å²) >= 11 is 6.09. The van der Waals surface area contributed by atoms with E-state index < -0.39 is 0 Å². The van der Waals surface area contributed by atoms with Crippen molar-refractivity contribution < 1.29 is 0 Å². The molecule has 0 bridgehead atoms. The number of fused-ring (bicyclic) bond motifs is 1. The highest BCUT2D eigenvalue weighted by atomic mass is 35.5. The van der Waals surface area contributed by atoms with Crippen LogP contribution in [0.15, 0.2) is 24.7 Å². The van der Waals surface area contributed by atoms with Crippen molar-refractivity contribution in [1.82, 2.24) is 15.0 Å². The fourth-order valence-corrected chi connectivity index (χ4v) is 4.00. The summed E-state index contributed by atoms with van der Waals surface area (Å²) in [6.45, 7) is 3.21. The summed E-state index contributed by atoms with van der Waals surface area (Å²) in [6.07, 6.45) is 11.5. The molecule has 2 aromatic heterocycles. The van der Waals surface area contributed by atoms with E-state index in [1.54, 1.807) is 6.20 Å². The van der Waals surface area contributed by atoms with Crippen LogP contribution in [0.1, 0.15) is 49.7 Å². The van der Waals surface area contributed by atoms with E-state index in [9.17, 15) is 0 Å². The molecule has 1 aliphatic heterocycles. The highest BCUT2D eigenvalue weighted by Crippen LogP contribution is 2.33. The summed E-state index contributed by atoms with van der Waals surface area (Å²) in [4.78, 5) is 13.4. The fourth-order valence-electron chi connectivity index (χ4n) is 3.83. The van der Waals surface area contributed by atoms with Gasteiger partial charge in [0.15, 0.2) is 0 Å². The standard InChI is InChI=1S/C19H24ClN5/c1-12-2-4-16(5-3-12)25-19-23-8-13(9-24-19)6-14-10-21-18-17(14)7-15(20)11-22-18/h7-9,11-12,14,16H,2-6,10H2,1H3,(H,21,22)(H,23,24,25). The quantitative estimate of drug-likeness (QED) is 0.855. The topological polar surface area (TPSA) is 62.7 Å². The van der Waals surface area contributed by atoms with Gasteiger partial charge in [-0.25, -0.2) is 15.0 Å². The van der Waals surface area contributed by atoms with Gasteiger partial charge in [0.2, 0.25) is 5.95 Å². The number of rotatable bonds is 4.